The van der Waals surface area contributed by atoms with E-state index in [1.165, 1.54) is 44.6 Å². The number of nitrogens with zero attached hydrogens (tertiary/aromatic N) is 1. The topological polar surface area (TPSA) is 68.3 Å². The number of methoxy groups -OCH3 is 1. The number of nitrogens with one attached hydrogen (secondary N) is 1. The van der Waals surface area contributed by atoms with Crippen LogP contribution in [0.4, 0.5) is 5.13 Å². The van der Waals surface area contributed by atoms with Crippen LogP contribution in [-0.4, -0.2) is 30.4 Å². The molecule has 1 heterocycles. The second kappa shape index (κ2) is 5.91. The first-order valence-corrected chi connectivity index (χ1v) is 7.67. The summed E-state index contributed by atoms with van der Waals surface area (Å²) < 4.78 is 4.66. The van der Waals surface area contributed by atoms with Crippen LogP contribution >= 0.6 is 11.3 Å². The molecule has 5 nitrogen and oxygen atoms in total. The average molecular weight is 296 g/mol. The lowest BCUT2D eigenvalue weighted by molar-refractivity contribution is 0.0591. The predicted octanol–water partition coefficient (Wildman–Crippen LogP) is 3.12. The van der Waals surface area contributed by atoms with Crippen LogP contribution in [0.3, 0.4) is 0 Å². The highest BCUT2D eigenvalue weighted by Gasteiger charge is 2.35. The van der Waals surface area contributed by atoms with Crippen molar-refractivity contribution in [3.05, 3.63) is 10.6 Å². The summed E-state index contributed by atoms with van der Waals surface area (Å²) >= 11 is 1.22. The van der Waals surface area contributed by atoms with Crippen molar-refractivity contribution in [2.24, 2.45) is 5.41 Å². The maximum absolute atomic E-state index is 11.6. The molecule has 6 heteroatoms. The summed E-state index contributed by atoms with van der Waals surface area (Å²) in [5, 5.41) is 3.90. The number of carbonyl (C=O) groups excluding carboxylic acids is 2. The number of thiazole rings is 1. The number of Topliss-reactive ketones (excluding diaryl/α,β-unsaturated/α-hetero) is 1. The Bertz CT molecular complexity index is 515. The minimum atomic E-state index is -0.562. The van der Waals surface area contributed by atoms with Crippen molar-refractivity contribution in [1.29, 1.82) is 0 Å². The number of hydrogen-bond donors (Lipinski definition) is 1. The molecule has 1 aliphatic carbocycles. The number of ketones is 1. The fourth-order valence-electron chi connectivity index (χ4n) is 2.46. The van der Waals surface area contributed by atoms with Gasteiger partial charge in [0.05, 0.1) is 7.11 Å². The minimum absolute atomic E-state index is 0.117. The third-order valence-corrected chi connectivity index (χ3v) is 5.22. The van der Waals surface area contributed by atoms with Gasteiger partial charge in [-0.05, 0) is 24.7 Å². The molecule has 0 saturated heterocycles. The third kappa shape index (κ3) is 2.85. The van der Waals surface area contributed by atoms with Crippen LogP contribution in [0, 0.1) is 5.41 Å². The molecule has 1 saturated carbocycles. The lowest BCUT2D eigenvalue weighted by Gasteiger charge is -2.41. The molecule has 1 fully saturated rings. The van der Waals surface area contributed by atoms with Crippen molar-refractivity contribution in [3.63, 3.8) is 0 Å². The van der Waals surface area contributed by atoms with E-state index in [2.05, 4.69) is 22.0 Å². The van der Waals surface area contributed by atoms with Gasteiger partial charge in [-0.1, -0.05) is 24.7 Å². The molecule has 1 N–H and O–H groups in total. The molecule has 0 radical (unpaired) electrons. The van der Waals surface area contributed by atoms with Gasteiger partial charge in [0.25, 0.3) is 0 Å². The second-order valence-corrected chi connectivity index (χ2v) is 6.30. The van der Waals surface area contributed by atoms with Gasteiger partial charge in [0, 0.05) is 13.5 Å². The molecule has 2 rings (SSSR count). The zero-order valence-corrected chi connectivity index (χ0v) is 12.9. The van der Waals surface area contributed by atoms with E-state index in [4.69, 9.17) is 0 Å². The lowest BCUT2D eigenvalue weighted by atomic mass is 9.67. The van der Waals surface area contributed by atoms with Crippen molar-refractivity contribution in [1.82, 2.24) is 4.98 Å². The fraction of sp³-hybridized carbons (Fsp3) is 0.643. The number of carbonyl (C=O) groups is 2. The van der Waals surface area contributed by atoms with Gasteiger partial charge in [0.2, 0.25) is 0 Å². The first-order chi connectivity index (χ1) is 9.51. The van der Waals surface area contributed by atoms with Gasteiger partial charge < -0.3 is 10.1 Å². The average Bonchev–Trinajstić information content (AvgIpc) is 2.81. The van der Waals surface area contributed by atoms with E-state index in [1.54, 1.807) is 0 Å². The zero-order chi connectivity index (χ0) is 14.8. The molecule has 0 spiro atoms. The van der Waals surface area contributed by atoms with Crippen LogP contribution in [0.25, 0.3) is 0 Å². The largest absolute Gasteiger partial charge is 0.464 e. The fourth-order valence-corrected chi connectivity index (χ4v) is 3.31. The van der Waals surface area contributed by atoms with E-state index in [1.807, 2.05) is 0 Å². The van der Waals surface area contributed by atoms with E-state index in [-0.39, 0.29) is 11.5 Å². The first kappa shape index (κ1) is 15.0. The number of aromatic nitrogens is 1. The van der Waals surface area contributed by atoms with E-state index < -0.39 is 5.97 Å². The Labute approximate surface area is 122 Å². The number of rotatable bonds is 6. The Morgan fingerprint density at radius 1 is 1.45 bits per heavy atom. The van der Waals surface area contributed by atoms with Crippen LogP contribution in [-0.2, 0) is 4.74 Å². The van der Waals surface area contributed by atoms with Crippen LogP contribution in [0.15, 0.2) is 0 Å². The van der Waals surface area contributed by atoms with E-state index in [0.717, 1.165) is 13.0 Å². The van der Waals surface area contributed by atoms with Crippen molar-refractivity contribution >= 4 is 28.2 Å². The summed E-state index contributed by atoms with van der Waals surface area (Å²) in [6.45, 7) is 4.47. The van der Waals surface area contributed by atoms with Gasteiger partial charge in [-0.25, -0.2) is 9.78 Å². The summed E-state index contributed by atoms with van der Waals surface area (Å²) in [5.41, 5.74) is 0.472. The molecule has 1 aliphatic rings. The Morgan fingerprint density at radius 2 is 2.15 bits per heavy atom. The SMILES string of the molecule is CCC1(CNc2nc(C(=O)OC)c(C(C)=O)s2)CCC1. The molecule has 0 atom stereocenters. The molecular formula is C14H20N2O3S. The predicted molar refractivity (Wildman–Crippen MR) is 78.5 cm³/mol. The highest BCUT2D eigenvalue weighted by Crippen LogP contribution is 2.43. The molecule has 1 aromatic rings. The van der Waals surface area contributed by atoms with Crippen molar-refractivity contribution in [2.45, 2.75) is 39.5 Å². The number of anilines is 1. The number of esters is 1. The summed E-state index contributed by atoms with van der Waals surface area (Å²) in [6.07, 6.45) is 4.87. The standard InChI is InChI=1S/C14H20N2O3S/c1-4-14(6-5-7-14)8-15-13-16-10(12(18)19-3)11(20-13)9(2)17/h4-8H2,1-3H3,(H,15,16). The van der Waals surface area contributed by atoms with Crippen molar-refractivity contribution in [3.8, 4) is 0 Å². The van der Waals surface area contributed by atoms with Crippen LogP contribution in [0.5, 0.6) is 0 Å². The molecule has 1 aromatic heterocycles. The smallest absolute Gasteiger partial charge is 0.358 e. The number of ether oxygens (including phenoxy) is 1. The highest BCUT2D eigenvalue weighted by molar-refractivity contribution is 7.17. The third-order valence-electron chi connectivity index (χ3n) is 4.10. The molecule has 0 bridgehead atoms. The quantitative estimate of drug-likeness (QED) is 0.645. The maximum Gasteiger partial charge on any atom is 0.358 e. The van der Waals surface area contributed by atoms with E-state index in [9.17, 15) is 9.59 Å². The van der Waals surface area contributed by atoms with Crippen molar-refractivity contribution < 1.29 is 14.3 Å². The monoisotopic (exact) mass is 296 g/mol. The Morgan fingerprint density at radius 3 is 2.60 bits per heavy atom. The van der Waals surface area contributed by atoms with E-state index in [0.29, 0.717) is 15.4 Å². The summed E-state index contributed by atoms with van der Waals surface area (Å²) in [5.74, 6) is -0.724. The van der Waals surface area contributed by atoms with Crippen LogP contribution in [0.1, 0.15) is 59.7 Å². The van der Waals surface area contributed by atoms with Gasteiger partial charge in [0.1, 0.15) is 4.88 Å². The molecule has 0 unspecified atom stereocenters. The molecule has 0 aromatic carbocycles. The first-order valence-electron chi connectivity index (χ1n) is 6.85. The number of hydrogen-bond acceptors (Lipinski definition) is 6. The summed E-state index contributed by atoms with van der Waals surface area (Å²) in [6, 6.07) is 0. The second-order valence-electron chi connectivity index (χ2n) is 5.31. The normalized spacial score (nSPS) is 16.4. The van der Waals surface area contributed by atoms with Gasteiger partial charge >= 0.3 is 5.97 Å². The minimum Gasteiger partial charge on any atom is -0.464 e. The molecule has 0 amide bonds. The Balaban J connectivity index is 2.12. The molecule has 20 heavy (non-hydrogen) atoms. The van der Waals surface area contributed by atoms with Gasteiger partial charge in [-0.2, -0.15) is 0 Å². The molecule has 0 aliphatic heterocycles. The highest BCUT2D eigenvalue weighted by atomic mass is 32.1. The maximum atomic E-state index is 11.6. The van der Waals surface area contributed by atoms with Gasteiger partial charge in [-0.3, -0.25) is 4.79 Å². The Hall–Kier alpha value is -1.43. The van der Waals surface area contributed by atoms with E-state index >= 15 is 0 Å². The van der Waals surface area contributed by atoms with Crippen molar-refractivity contribution in [2.75, 3.05) is 19.0 Å². The van der Waals surface area contributed by atoms with Crippen LogP contribution < -0.4 is 5.32 Å². The summed E-state index contributed by atoms with van der Waals surface area (Å²) in [4.78, 5) is 27.7. The Kier molecular flexibility index (Phi) is 4.42. The summed E-state index contributed by atoms with van der Waals surface area (Å²) in [7, 11) is 1.29. The van der Waals surface area contributed by atoms with Gasteiger partial charge in [0.15, 0.2) is 16.6 Å². The van der Waals surface area contributed by atoms with Gasteiger partial charge in [-0.15, -0.1) is 0 Å². The lowest BCUT2D eigenvalue weighted by Crippen LogP contribution is -2.35. The van der Waals surface area contributed by atoms with Crippen LogP contribution in [0.2, 0.25) is 0 Å². The zero-order valence-electron chi connectivity index (χ0n) is 12.1. The molecular weight excluding hydrogens is 276 g/mol. The molecule has 110 valence electrons.